The molecule has 170 valence electrons. The summed E-state index contributed by atoms with van der Waals surface area (Å²) < 4.78 is 75.5. The minimum absolute atomic E-state index is 0. The third-order valence-electron chi connectivity index (χ3n) is 5.46. The monoisotopic (exact) mass is 536 g/mol. The predicted molar refractivity (Wildman–Crippen MR) is 124 cm³/mol. The summed E-state index contributed by atoms with van der Waals surface area (Å²) in [5, 5.41) is -0.522. The maximum Gasteiger partial charge on any atom is 1.00 e. The molecule has 0 unspecified atom stereocenters. The van der Waals surface area contributed by atoms with Crippen LogP contribution in [0.3, 0.4) is 0 Å². The first kappa shape index (κ1) is 28.9. The Morgan fingerprint density at radius 3 is 1.17 bits per heavy atom. The molecule has 12 heteroatoms. The van der Waals surface area contributed by atoms with Gasteiger partial charge >= 0.3 is 59.1 Å². The quantitative estimate of drug-likeness (QED) is 0.145. The van der Waals surface area contributed by atoms with Crippen LogP contribution < -0.4 is 59.1 Å². The molecule has 0 amide bonds. The molecular formula is C24H14N2Na2O6S2. The van der Waals surface area contributed by atoms with Gasteiger partial charge in [-0.25, -0.2) is 16.8 Å². The summed E-state index contributed by atoms with van der Waals surface area (Å²) in [5.74, 6) is 0. The number of pyridine rings is 2. The van der Waals surface area contributed by atoms with Crippen molar-refractivity contribution < 1.29 is 85.1 Å². The first-order chi connectivity index (χ1) is 16.2. The molecule has 0 fully saturated rings. The van der Waals surface area contributed by atoms with E-state index in [-0.39, 0.29) is 92.0 Å². The van der Waals surface area contributed by atoms with Gasteiger partial charge in [0, 0.05) is 23.2 Å². The zero-order chi connectivity index (χ0) is 24.1. The molecule has 0 N–H and O–H groups in total. The average molecular weight is 536 g/mol. The van der Waals surface area contributed by atoms with Crippen LogP contribution in [0.1, 0.15) is 0 Å². The van der Waals surface area contributed by atoms with Gasteiger partial charge in [0.25, 0.3) is 0 Å². The SMILES string of the molecule is O=S(=O)([O-])c1c(S(=O)(=O)[O-])c2c(-c3ccccc3)ccnc2c2nccc(-c3ccccc3)c12.[Na+].[Na+]. The minimum Gasteiger partial charge on any atom is -0.744 e. The molecule has 2 heterocycles. The van der Waals surface area contributed by atoms with Crippen molar-refractivity contribution >= 4 is 42.0 Å². The van der Waals surface area contributed by atoms with Crippen molar-refractivity contribution in [3.8, 4) is 22.3 Å². The van der Waals surface area contributed by atoms with Crippen molar-refractivity contribution in [2.24, 2.45) is 0 Å². The minimum atomic E-state index is -5.46. The zero-order valence-electron chi connectivity index (χ0n) is 19.2. The molecule has 0 atom stereocenters. The van der Waals surface area contributed by atoms with E-state index in [2.05, 4.69) is 9.97 Å². The molecule has 8 nitrogen and oxygen atoms in total. The number of hydrogen-bond acceptors (Lipinski definition) is 8. The summed E-state index contributed by atoms with van der Waals surface area (Å²) in [6.07, 6.45) is 2.82. The third-order valence-corrected chi connectivity index (χ3v) is 7.40. The van der Waals surface area contributed by atoms with Gasteiger partial charge in [0.05, 0.1) is 20.8 Å². The zero-order valence-corrected chi connectivity index (χ0v) is 24.9. The van der Waals surface area contributed by atoms with Crippen LogP contribution in [-0.2, 0) is 20.2 Å². The van der Waals surface area contributed by atoms with Gasteiger partial charge in [0.1, 0.15) is 20.2 Å². The van der Waals surface area contributed by atoms with Gasteiger partial charge in [-0.1, -0.05) is 60.7 Å². The van der Waals surface area contributed by atoms with Crippen molar-refractivity contribution in [3.63, 3.8) is 0 Å². The molecule has 5 rings (SSSR count). The van der Waals surface area contributed by atoms with Crippen LogP contribution in [0.5, 0.6) is 0 Å². The van der Waals surface area contributed by atoms with Crippen LogP contribution in [0.2, 0.25) is 0 Å². The van der Waals surface area contributed by atoms with Gasteiger partial charge in [-0.15, -0.1) is 0 Å². The Morgan fingerprint density at radius 2 is 0.861 bits per heavy atom. The summed E-state index contributed by atoms with van der Waals surface area (Å²) in [5.41, 5.74) is 1.48. The van der Waals surface area contributed by atoms with Gasteiger partial charge in [-0.05, 0) is 34.4 Å². The van der Waals surface area contributed by atoms with E-state index in [9.17, 15) is 25.9 Å². The van der Waals surface area contributed by atoms with Crippen molar-refractivity contribution in [1.29, 1.82) is 0 Å². The van der Waals surface area contributed by atoms with Crippen molar-refractivity contribution in [3.05, 3.63) is 85.2 Å². The normalized spacial score (nSPS) is 11.6. The molecule has 0 radical (unpaired) electrons. The molecule has 2 aromatic heterocycles. The second kappa shape index (κ2) is 11.0. The Morgan fingerprint density at radius 1 is 0.528 bits per heavy atom. The Kier molecular flexibility index (Phi) is 8.79. The molecule has 0 aliphatic carbocycles. The second-order valence-electron chi connectivity index (χ2n) is 7.46. The topological polar surface area (TPSA) is 140 Å². The van der Waals surface area contributed by atoms with E-state index in [1.807, 2.05) is 0 Å². The molecule has 0 spiro atoms. The summed E-state index contributed by atoms with van der Waals surface area (Å²) in [7, 11) is -10.9. The largest absolute Gasteiger partial charge is 1.00 e. The Labute approximate surface area is 251 Å². The average Bonchev–Trinajstić information content (AvgIpc) is 2.82. The Hall–Kier alpha value is -1.70. The van der Waals surface area contributed by atoms with E-state index in [0.29, 0.717) is 11.1 Å². The maximum absolute atomic E-state index is 12.6. The van der Waals surface area contributed by atoms with E-state index >= 15 is 0 Å². The van der Waals surface area contributed by atoms with Crippen LogP contribution in [0, 0.1) is 0 Å². The number of aromatic nitrogens is 2. The molecule has 0 saturated heterocycles. The fourth-order valence-electron chi connectivity index (χ4n) is 4.16. The van der Waals surface area contributed by atoms with E-state index in [0.717, 1.165) is 0 Å². The molecule has 0 aliphatic heterocycles. The molecule has 0 saturated carbocycles. The molecular weight excluding hydrogens is 522 g/mol. The van der Waals surface area contributed by atoms with Gasteiger partial charge in [0.2, 0.25) is 0 Å². The summed E-state index contributed by atoms with van der Waals surface area (Å²) in [4.78, 5) is 6.28. The number of hydrogen-bond donors (Lipinski definition) is 0. The van der Waals surface area contributed by atoms with Gasteiger partial charge < -0.3 is 9.11 Å². The van der Waals surface area contributed by atoms with Crippen LogP contribution in [0.4, 0.5) is 0 Å². The number of nitrogens with zero attached hydrogens (tertiary/aromatic N) is 2. The first-order valence-electron chi connectivity index (χ1n) is 9.94. The van der Waals surface area contributed by atoms with Crippen molar-refractivity contribution in [2.75, 3.05) is 0 Å². The summed E-state index contributed by atoms with van der Waals surface area (Å²) >= 11 is 0. The molecule has 3 aromatic carbocycles. The fraction of sp³-hybridized carbons (Fsp3) is 0. The molecule has 0 aliphatic rings. The molecule has 0 bridgehead atoms. The number of rotatable bonds is 4. The second-order valence-corrected chi connectivity index (χ2v) is 10.1. The number of benzene rings is 3. The van der Waals surface area contributed by atoms with E-state index in [4.69, 9.17) is 0 Å². The third kappa shape index (κ3) is 5.16. The summed E-state index contributed by atoms with van der Waals surface area (Å²) in [6, 6.07) is 19.9. The van der Waals surface area contributed by atoms with E-state index < -0.39 is 30.0 Å². The standard InChI is InChI=1S/C24H16N2O6S2.2Na/c27-33(28,29)23-19-17(15-7-3-1-4-8-15)11-13-25-21(19)22-20(24(23)34(30,31)32)18(12-14-26-22)16-9-5-2-6-10-16;;/h1-14H,(H,27,28,29)(H,30,31,32);;/q;2*+1/p-2. The van der Waals surface area contributed by atoms with Crippen LogP contribution in [0.15, 0.2) is 95.0 Å². The van der Waals surface area contributed by atoms with Crippen LogP contribution in [0.25, 0.3) is 44.1 Å². The van der Waals surface area contributed by atoms with Gasteiger partial charge in [-0.2, -0.15) is 0 Å². The van der Waals surface area contributed by atoms with Crippen LogP contribution >= 0.6 is 0 Å². The summed E-state index contributed by atoms with van der Waals surface area (Å²) in [6.45, 7) is 0. The first-order valence-corrected chi connectivity index (χ1v) is 12.8. The van der Waals surface area contributed by atoms with Crippen LogP contribution in [-0.4, -0.2) is 35.9 Å². The smallest absolute Gasteiger partial charge is 0.744 e. The fourth-order valence-corrected chi connectivity index (χ4v) is 6.35. The van der Waals surface area contributed by atoms with E-state index in [1.54, 1.807) is 60.7 Å². The molecule has 36 heavy (non-hydrogen) atoms. The predicted octanol–water partition coefficient (Wildman–Crippen LogP) is -2.07. The Balaban J connectivity index is 0.00000180. The Bertz CT molecular complexity index is 1670. The van der Waals surface area contributed by atoms with Crippen molar-refractivity contribution in [1.82, 2.24) is 9.97 Å². The molecule has 5 aromatic rings. The van der Waals surface area contributed by atoms with E-state index in [1.165, 1.54) is 24.5 Å². The van der Waals surface area contributed by atoms with Gasteiger partial charge in [0.15, 0.2) is 0 Å². The van der Waals surface area contributed by atoms with Gasteiger partial charge in [-0.3, -0.25) is 9.97 Å². The maximum atomic E-state index is 12.6. The van der Waals surface area contributed by atoms with Crippen molar-refractivity contribution in [2.45, 2.75) is 9.79 Å². The number of fused-ring (bicyclic) bond motifs is 3.